The van der Waals surface area contributed by atoms with Crippen molar-refractivity contribution < 1.29 is 9.50 Å². The first kappa shape index (κ1) is 13.9. The Balaban J connectivity index is 3.12. The van der Waals surface area contributed by atoms with Crippen LogP contribution in [-0.2, 0) is 0 Å². The van der Waals surface area contributed by atoms with Crippen LogP contribution in [0.2, 0.25) is 0 Å². The first-order valence-corrected chi connectivity index (χ1v) is 6.01. The van der Waals surface area contributed by atoms with Crippen molar-refractivity contribution in [3.8, 4) is 0 Å². The van der Waals surface area contributed by atoms with E-state index in [1.807, 2.05) is 11.0 Å². The van der Waals surface area contributed by atoms with E-state index in [-0.39, 0.29) is 18.5 Å². The number of rotatable bonds is 6. The van der Waals surface area contributed by atoms with E-state index in [2.05, 4.69) is 6.92 Å². The van der Waals surface area contributed by atoms with Crippen LogP contribution in [0, 0.1) is 5.82 Å². The maximum atomic E-state index is 13.8. The lowest BCUT2D eigenvalue weighted by molar-refractivity contribution is 0.301. The van der Waals surface area contributed by atoms with E-state index < -0.39 is 0 Å². The van der Waals surface area contributed by atoms with Crippen molar-refractivity contribution in [1.29, 1.82) is 0 Å². The summed E-state index contributed by atoms with van der Waals surface area (Å²) < 4.78 is 13.8. The summed E-state index contributed by atoms with van der Waals surface area (Å²) in [5.41, 5.74) is 7.13. The Morgan fingerprint density at radius 2 is 2.12 bits per heavy atom. The molecule has 0 saturated heterocycles. The van der Waals surface area contributed by atoms with Gasteiger partial charge < -0.3 is 15.7 Å². The average molecular weight is 240 g/mol. The van der Waals surface area contributed by atoms with E-state index in [4.69, 9.17) is 10.8 Å². The van der Waals surface area contributed by atoms with E-state index in [9.17, 15) is 4.39 Å². The number of hydrogen-bond donors (Lipinski definition) is 2. The molecule has 1 atom stereocenters. The van der Waals surface area contributed by atoms with Crippen LogP contribution in [0.15, 0.2) is 18.2 Å². The number of nitrogens with zero attached hydrogens (tertiary/aromatic N) is 1. The van der Waals surface area contributed by atoms with E-state index in [1.165, 1.54) is 6.07 Å². The highest BCUT2D eigenvalue weighted by Gasteiger charge is 2.16. The van der Waals surface area contributed by atoms with Gasteiger partial charge in [0.05, 0.1) is 6.61 Å². The van der Waals surface area contributed by atoms with Crippen molar-refractivity contribution in [2.75, 3.05) is 24.6 Å². The number of benzene rings is 1. The lowest BCUT2D eigenvalue weighted by atomic mass is 10.0. The van der Waals surface area contributed by atoms with Gasteiger partial charge in [-0.1, -0.05) is 13.0 Å². The molecule has 17 heavy (non-hydrogen) atoms. The van der Waals surface area contributed by atoms with Gasteiger partial charge >= 0.3 is 0 Å². The molecule has 0 amide bonds. The minimum atomic E-state index is -0.357. The van der Waals surface area contributed by atoms with E-state index >= 15 is 0 Å². The average Bonchev–Trinajstić information content (AvgIpc) is 2.28. The smallest absolute Gasteiger partial charge is 0.130 e. The largest absolute Gasteiger partial charge is 0.395 e. The molecule has 0 spiro atoms. The van der Waals surface area contributed by atoms with Crippen molar-refractivity contribution in [2.24, 2.45) is 5.73 Å². The highest BCUT2D eigenvalue weighted by molar-refractivity contribution is 5.55. The van der Waals surface area contributed by atoms with E-state index in [0.29, 0.717) is 12.1 Å². The summed E-state index contributed by atoms with van der Waals surface area (Å²) in [5, 5.41) is 9.06. The molecule has 0 aliphatic rings. The molecule has 0 heterocycles. The summed E-state index contributed by atoms with van der Waals surface area (Å²) in [6.45, 7) is 5.15. The monoisotopic (exact) mass is 240 g/mol. The maximum Gasteiger partial charge on any atom is 0.130 e. The third-order valence-corrected chi connectivity index (χ3v) is 2.69. The molecule has 0 aliphatic heterocycles. The second kappa shape index (κ2) is 6.57. The number of nitrogens with two attached hydrogens (primary N) is 1. The van der Waals surface area contributed by atoms with Crippen LogP contribution in [0.25, 0.3) is 0 Å². The van der Waals surface area contributed by atoms with Crippen molar-refractivity contribution in [3.63, 3.8) is 0 Å². The van der Waals surface area contributed by atoms with Gasteiger partial charge in [0.15, 0.2) is 0 Å². The molecular weight excluding hydrogens is 219 g/mol. The normalized spacial score (nSPS) is 12.5. The lowest BCUT2D eigenvalue weighted by Crippen LogP contribution is -2.29. The third-order valence-electron chi connectivity index (χ3n) is 2.69. The zero-order chi connectivity index (χ0) is 12.8. The van der Waals surface area contributed by atoms with Crippen molar-refractivity contribution in [2.45, 2.75) is 26.3 Å². The molecule has 0 saturated carbocycles. The summed E-state index contributed by atoms with van der Waals surface area (Å²) in [6.07, 6.45) is 0.939. The number of aliphatic hydroxyl groups is 1. The quantitative estimate of drug-likeness (QED) is 0.800. The highest BCUT2D eigenvalue weighted by atomic mass is 19.1. The molecule has 96 valence electrons. The molecule has 4 heteroatoms. The molecule has 0 aliphatic carbocycles. The zero-order valence-corrected chi connectivity index (χ0v) is 10.5. The van der Waals surface area contributed by atoms with Crippen molar-refractivity contribution in [3.05, 3.63) is 29.6 Å². The molecule has 0 unspecified atom stereocenters. The van der Waals surface area contributed by atoms with Gasteiger partial charge in [0.25, 0.3) is 0 Å². The molecule has 0 fully saturated rings. The second-order valence-corrected chi connectivity index (χ2v) is 4.17. The van der Waals surface area contributed by atoms with Crippen molar-refractivity contribution >= 4 is 5.69 Å². The summed E-state index contributed by atoms with van der Waals surface area (Å²) in [6, 6.07) is 4.60. The molecule has 1 rings (SSSR count). The highest BCUT2D eigenvalue weighted by Crippen LogP contribution is 2.27. The Morgan fingerprint density at radius 1 is 1.41 bits per heavy atom. The van der Waals surface area contributed by atoms with Gasteiger partial charge in [0.1, 0.15) is 5.82 Å². The van der Waals surface area contributed by atoms with Crippen LogP contribution in [0.1, 0.15) is 31.9 Å². The predicted molar refractivity (Wildman–Crippen MR) is 68.6 cm³/mol. The number of aliphatic hydroxyl groups excluding tert-OH is 1. The van der Waals surface area contributed by atoms with Crippen LogP contribution in [0.4, 0.5) is 10.1 Å². The summed E-state index contributed by atoms with van der Waals surface area (Å²) >= 11 is 0. The maximum absolute atomic E-state index is 13.8. The Kier molecular flexibility index (Phi) is 5.38. The molecular formula is C13H21FN2O. The van der Waals surface area contributed by atoms with E-state index in [0.717, 1.165) is 18.7 Å². The van der Waals surface area contributed by atoms with Gasteiger partial charge in [-0.05, 0) is 25.5 Å². The summed E-state index contributed by atoms with van der Waals surface area (Å²) in [5.74, 6) is -0.281. The first-order valence-electron chi connectivity index (χ1n) is 6.01. The Labute approximate surface area is 102 Å². The zero-order valence-electron chi connectivity index (χ0n) is 10.5. The van der Waals surface area contributed by atoms with Crippen molar-refractivity contribution in [1.82, 2.24) is 0 Å². The molecule has 1 aromatic carbocycles. The Bertz CT molecular complexity index is 349. The fraction of sp³-hybridized carbons (Fsp3) is 0.538. The van der Waals surface area contributed by atoms with Crippen LogP contribution in [0.3, 0.4) is 0 Å². The third kappa shape index (κ3) is 3.41. The number of hydrogen-bond acceptors (Lipinski definition) is 3. The van der Waals surface area contributed by atoms with Gasteiger partial charge in [-0.25, -0.2) is 4.39 Å². The first-order chi connectivity index (χ1) is 8.11. The minimum absolute atomic E-state index is 0.0505. The van der Waals surface area contributed by atoms with Crippen LogP contribution >= 0.6 is 0 Å². The summed E-state index contributed by atoms with van der Waals surface area (Å²) in [4.78, 5) is 1.97. The minimum Gasteiger partial charge on any atom is -0.395 e. The Morgan fingerprint density at radius 3 is 2.65 bits per heavy atom. The molecule has 3 N–H and O–H groups in total. The molecule has 0 bridgehead atoms. The SMILES string of the molecule is CCCN(CCO)c1cccc(F)c1[C@H](C)N. The van der Waals surface area contributed by atoms with Crippen LogP contribution < -0.4 is 10.6 Å². The van der Waals surface area contributed by atoms with Gasteiger partial charge in [-0.3, -0.25) is 0 Å². The summed E-state index contributed by atoms with van der Waals surface area (Å²) in [7, 11) is 0. The standard InChI is InChI=1S/C13H21FN2O/c1-3-7-16(8-9-17)12-6-4-5-11(14)13(12)10(2)15/h4-6,10,17H,3,7-9,15H2,1-2H3/t10-/m0/s1. The van der Waals surface area contributed by atoms with Gasteiger partial charge in [-0.2, -0.15) is 0 Å². The molecule has 3 nitrogen and oxygen atoms in total. The van der Waals surface area contributed by atoms with Gasteiger partial charge in [0, 0.05) is 30.4 Å². The van der Waals surface area contributed by atoms with Crippen LogP contribution in [-0.4, -0.2) is 24.8 Å². The lowest BCUT2D eigenvalue weighted by Gasteiger charge is -2.27. The molecule has 0 radical (unpaired) electrons. The fourth-order valence-electron chi connectivity index (χ4n) is 2.00. The predicted octanol–water partition coefficient (Wildman–Crippen LogP) is 2.05. The number of halogens is 1. The van der Waals surface area contributed by atoms with E-state index in [1.54, 1.807) is 13.0 Å². The topological polar surface area (TPSA) is 49.5 Å². The molecule has 0 aromatic heterocycles. The Hall–Kier alpha value is -1.13. The fourth-order valence-corrected chi connectivity index (χ4v) is 2.00. The van der Waals surface area contributed by atoms with Crippen LogP contribution in [0.5, 0.6) is 0 Å². The molecule has 1 aromatic rings. The number of anilines is 1. The van der Waals surface area contributed by atoms with Gasteiger partial charge in [0.2, 0.25) is 0 Å². The second-order valence-electron chi connectivity index (χ2n) is 4.17. The van der Waals surface area contributed by atoms with Gasteiger partial charge in [-0.15, -0.1) is 0 Å².